The van der Waals surface area contributed by atoms with Crippen molar-refractivity contribution >= 4 is 0 Å². The molecule has 1 aromatic heterocycles. The van der Waals surface area contributed by atoms with Crippen LogP contribution in [0.5, 0.6) is 0 Å². The quantitative estimate of drug-likeness (QED) is 0.664. The number of hydrogen-bond acceptors (Lipinski definition) is 1. The smallest absolute Gasteiger partial charge is 0.132 e. The van der Waals surface area contributed by atoms with Crippen molar-refractivity contribution in [2.75, 3.05) is 0 Å². The van der Waals surface area contributed by atoms with Gasteiger partial charge in [-0.15, -0.1) is 9.36 Å². The van der Waals surface area contributed by atoms with Gasteiger partial charge in [0.25, 0.3) is 0 Å². The summed E-state index contributed by atoms with van der Waals surface area (Å²) in [4.78, 5) is 0. The Kier molecular flexibility index (Phi) is 3.59. The third kappa shape index (κ3) is 2.62. The molecule has 1 heterocycles. The Morgan fingerprint density at radius 3 is 2.25 bits per heavy atom. The van der Waals surface area contributed by atoms with E-state index in [9.17, 15) is 0 Å². The molecule has 3 nitrogen and oxygen atoms in total. The van der Waals surface area contributed by atoms with Gasteiger partial charge in [0.15, 0.2) is 11.9 Å². The second-order valence-electron chi connectivity index (χ2n) is 4.77. The third-order valence-electron chi connectivity index (χ3n) is 3.33. The van der Waals surface area contributed by atoms with Crippen LogP contribution >= 0.6 is 0 Å². The molecule has 0 N–H and O–H groups in total. The van der Waals surface area contributed by atoms with E-state index in [0.717, 1.165) is 18.8 Å². The molecule has 0 aliphatic heterocycles. The first-order chi connectivity index (χ1) is 9.86. The fourth-order valence-corrected chi connectivity index (χ4v) is 2.33. The summed E-state index contributed by atoms with van der Waals surface area (Å²) in [6, 6.07) is 20.8. The maximum Gasteiger partial charge on any atom is 0.197 e. The Labute approximate surface area is 119 Å². The lowest BCUT2D eigenvalue weighted by Gasteiger charge is -1.94. The van der Waals surface area contributed by atoms with Gasteiger partial charge in [0.05, 0.1) is 5.21 Å². The second-order valence-corrected chi connectivity index (χ2v) is 4.77. The first-order valence-electron chi connectivity index (χ1n) is 6.93. The summed E-state index contributed by atoms with van der Waals surface area (Å²) in [5.41, 5.74) is 3.62. The lowest BCUT2D eigenvalue weighted by molar-refractivity contribution is -0.747. The molecule has 100 valence electrons. The van der Waals surface area contributed by atoms with Gasteiger partial charge in [-0.3, -0.25) is 0 Å². The minimum absolute atomic E-state index is 0.799. The van der Waals surface area contributed by atoms with Gasteiger partial charge >= 0.3 is 0 Å². The monoisotopic (exact) mass is 264 g/mol. The molecule has 20 heavy (non-hydrogen) atoms. The van der Waals surface area contributed by atoms with Crippen molar-refractivity contribution in [3.05, 3.63) is 72.4 Å². The van der Waals surface area contributed by atoms with Crippen LogP contribution in [0.2, 0.25) is 0 Å². The fraction of sp³-hybridized carbons (Fsp3) is 0.176. The zero-order valence-electron chi connectivity index (χ0n) is 11.6. The highest BCUT2D eigenvalue weighted by atomic mass is 15.5. The largest absolute Gasteiger partial charge is 0.197 e. The standard InChI is InChI=1S/C17H18N3/c1-2-20-17(16-11-7-4-8-12-16)14-19(18-20)13-15-9-5-3-6-10-15/h3-12,14H,2,13H2,1H3/q+1. The van der Waals surface area contributed by atoms with Gasteiger partial charge in [-0.1, -0.05) is 60.7 Å². The predicted molar refractivity (Wildman–Crippen MR) is 79.1 cm³/mol. The maximum absolute atomic E-state index is 4.63. The highest BCUT2D eigenvalue weighted by Crippen LogP contribution is 2.16. The van der Waals surface area contributed by atoms with Gasteiger partial charge in [-0.05, 0) is 12.5 Å². The van der Waals surface area contributed by atoms with Gasteiger partial charge < -0.3 is 0 Å². The second kappa shape index (κ2) is 5.70. The normalized spacial score (nSPS) is 10.7. The van der Waals surface area contributed by atoms with Crippen molar-refractivity contribution in [1.29, 1.82) is 0 Å². The molecule has 0 saturated heterocycles. The number of aryl methyl sites for hydroxylation is 1. The summed E-state index contributed by atoms with van der Waals surface area (Å²) in [6.45, 7) is 3.78. The molecule has 0 amide bonds. The van der Waals surface area contributed by atoms with E-state index in [1.54, 1.807) is 0 Å². The summed E-state index contributed by atoms with van der Waals surface area (Å²) < 4.78 is 4.04. The molecular weight excluding hydrogens is 246 g/mol. The van der Waals surface area contributed by atoms with Crippen molar-refractivity contribution in [3.63, 3.8) is 0 Å². The molecule has 0 atom stereocenters. The Hall–Kier alpha value is -2.42. The van der Waals surface area contributed by atoms with Crippen molar-refractivity contribution in [1.82, 2.24) is 9.90 Å². The maximum atomic E-state index is 4.63. The Bertz CT molecular complexity index is 672. The van der Waals surface area contributed by atoms with Crippen LogP contribution in [0.25, 0.3) is 11.3 Å². The van der Waals surface area contributed by atoms with E-state index >= 15 is 0 Å². The number of aromatic nitrogens is 3. The van der Waals surface area contributed by atoms with Crippen molar-refractivity contribution in [2.45, 2.75) is 20.0 Å². The molecule has 0 aliphatic carbocycles. The zero-order valence-corrected chi connectivity index (χ0v) is 11.6. The van der Waals surface area contributed by atoms with E-state index in [1.165, 1.54) is 11.1 Å². The molecular formula is C17H18N3+. The van der Waals surface area contributed by atoms with Crippen LogP contribution in [0, 0.1) is 0 Å². The Morgan fingerprint density at radius 2 is 1.60 bits per heavy atom. The first kappa shape index (κ1) is 12.6. The molecule has 0 saturated carbocycles. The van der Waals surface area contributed by atoms with Crippen LogP contribution in [0.1, 0.15) is 12.5 Å². The minimum atomic E-state index is 0.799. The number of nitrogens with zero attached hydrogens (tertiary/aromatic N) is 3. The lowest BCUT2D eigenvalue weighted by atomic mass is 10.2. The number of benzene rings is 2. The Morgan fingerprint density at radius 1 is 0.950 bits per heavy atom. The van der Waals surface area contributed by atoms with E-state index in [0.29, 0.717) is 0 Å². The molecule has 0 radical (unpaired) electrons. The summed E-state index contributed by atoms with van der Waals surface area (Å²) in [7, 11) is 0. The topological polar surface area (TPSA) is 21.7 Å². The average molecular weight is 264 g/mol. The SMILES string of the molecule is CCn1n[n+](Cc2ccccc2)cc1-c1ccccc1. The summed E-state index contributed by atoms with van der Waals surface area (Å²) in [5.74, 6) is 0. The Balaban J connectivity index is 1.93. The fourth-order valence-electron chi connectivity index (χ4n) is 2.33. The number of rotatable bonds is 4. The minimum Gasteiger partial charge on any atom is -0.132 e. The molecule has 3 heteroatoms. The van der Waals surface area contributed by atoms with Crippen LogP contribution in [0.3, 0.4) is 0 Å². The highest BCUT2D eigenvalue weighted by molar-refractivity contribution is 5.57. The molecule has 2 aromatic carbocycles. The van der Waals surface area contributed by atoms with Gasteiger partial charge in [-0.2, -0.15) is 0 Å². The van der Waals surface area contributed by atoms with Crippen molar-refractivity contribution in [2.24, 2.45) is 0 Å². The summed E-state index contributed by atoms with van der Waals surface area (Å²) in [5, 5.41) is 4.63. The molecule has 3 aromatic rings. The molecule has 0 unspecified atom stereocenters. The molecule has 3 rings (SSSR count). The van der Waals surface area contributed by atoms with E-state index in [4.69, 9.17) is 0 Å². The van der Waals surface area contributed by atoms with E-state index < -0.39 is 0 Å². The molecule has 0 spiro atoms. The van der Waals surface area contributed by atoms with Crippen LogP contribution in [0.15, 0.2) is 66.9 Å². The van der Waals surface area contributed by atoms with Gasteiger partial charge in [0.1, 0.15) is 13.1 Å². The third-order valence-corrected chi connectivity index (χ3v) is 3.33. The van der Waals surface area contributed by atoms with Crippen molar-refractivity contribution < 1.29 is 4.68 Å². The van der Waals surface area contributed by atoms with Crippen LogP contribution < -0.4 is 4.68 Å². The highest BCUT2D eigenvalue weighted by Gasteiger charge is 2.16. The van der Waals surface area contributed by atoms with Gasteiger partial charge in [0.2, 0.25) is 0 Å². The average Bonchev–Trinajstić information content (AvgIpc) is 2.92. The van der Waals surface area contributed by atoms with Gasteiger partial charge in [-0.25, -0.2) is 0 Å². The molecule has 0 aliphatic rings. The summed E-state index contributed by atoms with van der Waals surface area (Å²) >= 11 is 0. The zero-order chi connectivity index (χ0) is 13.8. The van der Waals surface area contributed by atoms with E-state index in [-0.39, 0.29) is 0 Å². The first-order valence-corrected chi connectivity index (χ1v) is 6.93. The van der Waals surface area contributed by atoms with Crippen LogP contribution in [0.4, 0.5) is 0 Å². The van der Waals surface area contributed by atoms with Crippen molar-refractivity contribution in [3.8, 4) is 11.3 Å². The lowest BCUT2D eigenvalue weighted by Crippen LogP contribution is -2.36. The van der Waals surface area contributed by atoms with E-state index in [1.807, 2.05) is 21.5 Å². The van der Waals surface area contributed by atoms with E-state index in [2.05, 4.69) is 66.9 Å². The predicted octanol–water partition coefficient (Wildman–Crippen LogP) is 2.91. The molecule has 0 bridgehead atoms. The van der Waals surface area contributed by atoms with Crippen LogP contribution in [-0.2, 0) is 13.1 Å². The summed E-state index contributed by atoms with van der Waals surface area (Å²) in [6.07, 6.45) is 2.12. The molecule has 0 fully saturated rings. The number of hydrogen-bond donors (Lipinski definition) is 0. The van der Waals surface area contributed by atoms with Gasteiger partial charge in [0, 0.05) is 5.56 Å². The van der Waals surface area contributed by atoms with Crippen LogP contribution in [-0.4, -0.2) is 9.90 Å².